The van der Waals surface area contributed by atoms with Gasteiger partial charge in [0.15, 0.2) is 0 Å². The molecule has 110 valence electrons. The third-order valence-electron chi connectivity index (χ3n) is 3.66. The highest BCUT2D eigenvalue weighted by molar-refractivity contribution is 5.36. The highest BCUT2D eigenvalue weighted by Crippen LogP contribution is 2.12. The molecule has 0 saturated heterocycles. The van der Waals surface area contributed by atoms with Gasteiger partial charge in [-0.25, -0.2) is 0 Å². The molecule has 1 atom stereocenters. The molecule has 0 saturated carbocycles. The van der Waals surface area contributed by atoms with Crippen molar-refractivity contribution in [2.75, 3.05) is 13.2 Å². The summed E-state index contributed by atoms with van der Waals surface area (Å²) in [6, 6.07) is 8.97. The quantitative estimate of drug-likeness (QED) is 0.769. The zero-order chi connectivity index (χ0) is 14.8. The number of hydrogen-bond acceptors (Lipinski definition) is 2. The summed E-state index contributed by atoms with van der Waals surface area (Å²) in [5.41, 5.74) is 2.29. The summed E-state index contributed by atoms with van der Waals surface area (Å²) in [6.07, 6.45) is 3.68. The molecule has 0 aliphatic carbocycles. The van der Waals surface area contributed by atoms with Crippen LogP contribution in [0.3, 0.4) is 0 Å². The average molecular weight is 273 g/mol. The van der Waals surface area contributed by atoms with Crippen LogP contribution in [-0.2, 0) is 6.54 Å². The topological polar surface area (TPSA) is 23.5 Å². The normalized spacial score (nSPS) is 12.1. The predicted molar refractivity (Wildman–Crippen MR) is 85.5 cm³/mol. The first kappa shape index (κ1) is 16.8. The second kappa shape index (κ2) is 9.58. The maximum Gasteiger partial charge on any atom is 0.104 e. The lowest BCUT2D eigenvalue weighted by atomic mass is 10.1. The maximum atomic E-state index is 8.69. The molecule has 1 rings (SSSR count). The van der Waals surface area contributed by atoms with Crippen molar-refractivity contribution >= 4 is 0 Å². The van der Waals surface area contributed by atoms with E-state index in [0.717, 1.165) is 18.7 Å². The maximum absolute atomic E-state index is 8.69. The Balaban J connectivity index is 2.67. The van der Waals surface area contributed by atoms with Gasteiger partial charge in [-0.2, -0.15) is 0 Å². The van der Waals surface area contributed by atoms with Crippen molar-refractivity contribution in [3.05, 3.63) is 35.4 Å². The number of nitrogens with zero attached hydrogens (tertiary/aromatic N) is 1. The molecular weight excluding hydrogens is 246 g/mol. The first-order valence-electron chi connectivity index (χ1n) is 7.64. The van der Waals surface area contributed by atoms with Crippen molar-refractivity contribution in [1.29, 1.82) is 0 Å². The molecule has 2 heteroatoms. The summed E-state index contributed by atoms with van der Waals surface area (Å²) in [7, 11) is 0. The minimum atomic E-state index is -0.0828. The van der Waals surface area contributed by atoms with Gasteiger partial charge < -0.3 is 5.11 Å². The zero-order valence-corrected chi connectivity index (χ0v) is 13.0. The SMILES string of the molecule is CCCCN(Cc1ccc(C#CCO)cc1)C(C)CC. The molecule has 2 nitrogen and oxygen atoms in total. The summed E-state index contributed by atoms with van der Waals surface area (Å²) < 4.78 is 0. The molecular formula is C18H27NO. The highest BCUT2D eigenvalue weighted by atomic mass is 16.2. The molecule has 1 N–H and O–H groups in total. The molecule has 0 heterocycles. The van der Waals surface area contributed by atoms with Gasteiger partial charge in [-0.3, -0.25) is 4.90 Å². The third-order valence-corrected chi connectivity index (χ3v) is 3.66. The van der Waals surface area contributed by atoms with Crippen LogP contribution in [0, 0.1) is 11.8 Å². The van der Waals surface area contributed by atoms with Crippen LogP contribution in [0.4, 0.5) is 0 Å². The van der Waals surface area contributed by atoms with Crippen molar-refractivity contribution < 1.29 is 5.11 Å². The lowest BCUT2D eigenvalue weighted by molar-refractivity contribution is 0.192. The average Bonchev–Trinajstić information content (AvgIpc) is 2.49. The van der Waals surface area contributed by atoms with Crippen molar-refractivity contribution in [3.8, 4) is 11.8 Å². The lowest BCUT2D eigenvalue weighted by Crippen LogP contribution is -2.33. The second-order valence-corrected chi connectivity index (χ2v) is 5.24. The largest absolute Gasteiger partial charge is 0.384 e. The number of aliphatic hydroxyl groups excluding tert-OH is 1. The predicted octanol–water partition coefficient (Wildman–Crippen LogP) is 3.43. The van der Waals surface area contributed by atoms with Crippen molar-refractivity contribution in [1.82, 2.24) is 4.90 Å². The van der Waals surface area contributed by atoms with Crippen LogP contribution in [0.5, 0.6) is 0 Å². The lowest BCUT2D eigenvalue weighted by Gasteiger charge is -2.28. The molecule has 1 aromatic carbocycles. The minimum Gasteiger partial charge on any atom is -0.384 e. The Morgan fingerprint density at radius 1 is 1.20 bits per heavy atom. The van der Waals surface area contributed by atoms with Crippen LogP contribution in [0.1, 0.15) is 51.2 Å². The van der Waals surface area contributed by atoms with Gasteiger partial charge >= 0.3 is 0 Å². The standard InChI is InChI=1S/C18H27NO/c1-4-6-13-19(16(3)5-2)15-18-11-9-17(10-12-18)8-7-14-20/h9-12,16,20H,4-6,13-15H2,1-3H3. The fraction of sp³-hybridized carbons (Fsp3) is 0.556. The van der Waals surface area contributed by atoms with E-state index in [-0.39, 0.29) is 6.61 Å². The smallest absolute Gasteiger partial charge is 0.104 e. The summed E-state index contributed by atoms with van der Waals surface area (Å²) in [5.74, 6) is 5.60. The van der Waals surface area contributed by atoms with E-state index in [9.17, 15) is 0 Å². The van der Waals surface area contributed by atoms with E-state index in [4.69, 9.17) is 5.11 Å². The zero-order valence-electron chi connectivity index (χ0n) is 13.0. The van der Waals surface area contributed by atoms with Gasteiger partial charge in [0.25, 0.3) is 0 Å². The Bertz CT molecular complexity index is 427. The Morgan fingerprint density at radius 3 is 2.45 bits per heavy atom. The van der Waals surface area contributed by atoms with Crippen LogP contribution in [0.25, 0.3) is 0 Å². The molecule has 0 bridgehead atoms. The number of aliphatic hydroxyl groups is 1. The van der Waals surface area contributed by atoms with Crippen LogP contribution >= 0.6 is 0 Å². The molecule has 0 aliphatic rings. The molecule has 0 spiro atoms. The molecule has 0 fully saturated rings. The van der Waals surface area contributed by atoms with E-state index in [0.29, 0.717) is 6.04 Å². The number of benzene rings is 1. The van der Waals surface area contributed by atoms with E-state index >= 15 is 0 Å². The first-order valence-corrected chi connectivity index (χ1v) is 7.64. The van der Waals surface area contributed by atoms with Gasteiger partial charge in [0.2, 0.25) is 0 Å². The second-order valence-electron chi connectivity index (χ2n) is 5.24. The number of unbranched alkanes of at least 4 members (excludes halogenated alkanes) is 1. The molecule has 1 aromatic rings. The van der Waals surface area contributed by atoms with E-state index in [2.05, 4.69) is 49.6 Å². The van der Waals surface area contributed by atoms with E-state index in [1.807, 2.05) is 12.1 Å². The van der Waals surface area contributed by atoms with E-state index < -0.39 is 0 Å². The van der Waals surface area contributed by atoms with Gasteiger partial charge in [-0.15, -0.1) is 0 Å². The highest BCUT2D eigenvalue weighted by Gasteiger charge is 2.11. The van der Waals surface area contributed by atoms with Crippen molar-refractivity contribution in [2.45, 2.75) is 52.6 Å². The van der Waals surface area contributed by atoms with Gasteiger partial charge in [-0.1, -0.05) is 44.2 Å². The van der Waals surface area contributed by atoms with Crippen LogP contribution in [0.15, 0.2) is 24.3 Å². The van der Waals surface area contributed by atoms with E-state index in [1.54, 1.807) is 0 Å². The van der Waals surface area contributed by atoms with Gasteiger partial charge in [0, 0.05) is 18.2 Å². The van der Waals surface area contributed by atoms with Gasteiger partial charge in [0.05, 0.1) is 0 Å². The Hall–Kier alpha value is -1.30. The van der Waals surface area contributed by atoms with Gasteiger partial charge in [0.1, 0.15) is 6.61 Å². The fourth-order valence-electron chi connectivity index (χ4n) is 2.14. The monoisotopic (exact) mass is 273 g/mol. The van der Waals surface area contributed by atoms with Crippen LogP contribution < -0.4 is 0 Å². The Morgan fingerprint density at radius 2 is 1.90 bits per heavy atom. The Labute approximate surface area is 123 Å². The molecule has 0 amide bonds. The Kier molecular flexibility index (Phi) is 8.02. The third kappa shape index (κ3) is 5.77. The summed E-state index contributed by atoms with van der Waals surface area (Å²) in [4.78, 5) is 2.55. The van der Waals surface area contributed by atoms with Crippen molar-refractivity contribution in [2.24, 2.45) is 0 Å². The molecule has 1 unspecified atom stereocenters. The number of hydrogen-bond donors (Lipinski definition) is 1. The van der Waals surface area contributed by atoms with Crippen LogP contribution in [0.2, 0.25) is 0 Å². The molecule has 0 radical (unpaired) electrons. The fourth-order valence-corrected chi connectivity index (χ4v) is 2.14. The summed E-state index contributed by atoms with van der Waals surface area (Å²) in [6.45, 7) is 8.87. The molecule has 20 heavy (non-hydrogen) atoms. The van der Waals surface area contributed by atoms with Crippen LogP contribution in [-0.4, -0.2) is 29.2 Å². The first-order chi connectivity index (χ1) is 9.71. The van der Waals surface area contributed by atoms with Gasteiger partial charge in [-0.05, 0) is 44.0 Å². The van der Waals surface area contributed by atoms with E-state index in [1.165, 1.54) is 24.8 Å². The minimum absolute atomic E-state index is 0.0828. The van der Waals surface area contributed by atoms with Crippen molar-refractivity contribution in [3.63, 3.8) is 0 Å². The molecule has 0 aromatic heterocycles. The summed E-state index contributed by atoms with van der Waals surface area (Å²) >= 11 is 0. The number of rotatable bonds is 7. The molecule has 0 aliphatic heterocycles. The summed E-state index contributed by atoms with van der Waals surface area (Å²) in [5, 5.41) is 8.69.